The van der Waals surface area contributed by atoms with Gasteiger partial charge in [-0.1, -0.05) is 5.16 Å². The molecule has 7 heteroatoms. The number of rotatable bonds is 4. The lowest BCUT2D eigenvalue weighted by Gasteiger charge is -2.12. The summed E-state index contributed by atoms with van der Waals surface area (Å²) >= 11 is 0. The highest BCUT2D eigenvalue weighted by Crippen LogP contribution is 2.22. The molecule has 20 heavy (non-hydrogen) atoms. The Kier molecular flexibility index (Phi) is 3.88. The Hall–Kier alpha value is -2.57. The molecule has 0 aromatic heterocycles. The van der Waals surface area contributed by atoms with Crippen LogP contribution in [-0.4, -0.2) is 35.9 Å². The Morgan fingerprint density at radius 2 is 2.25 bits per heavy atom. The third kappa shape index (κ3) is 2.87. The Morgan fingerprint density at radius 1 is 1.50 bits per heavy atom. The smallest absolute Gasteiger partial charge is 0.353 e. The number of carboxylic acid groups (broad SMARTS) is 1. The Labute approximate surface area is 115 Å². The van der Waals surface area contributed by atoms with Crippen molar-refractivity contribution in [1.82, 2.24) is 0 Å². The van der Waals surface area contributed by atoms with Crippen molar-refractivity contribution in [2.24, 2.45) is 5.16 Å². The van der Waals surface area contributed by atoms with E-state index in [-0.39, 0.29) is 12.1 Å². The van der Waals surface area contributed by atoms with Crippen molar-refractivity contribution in [3.8, 4) is 5.75 Å². The number of hydrogen-bond donors (Lipinski definition) is 2. The van der Waals surface area contributed by atoms with Crippen LogP contribution >= 0.6 is 0 Å². The van der Waals surface area contributed by atoms with Gasteiger partial charge in [0, 0.05) is 12.1 Å². The summed E-state index contributed by atoms with van der Waals surface area (Å²) in [4.78, 5) is 27.5. The maximum absolute atomic E-state index is 12.0. The van der Waals surface area contributed by atoms with Crippen LogP contribution < -0.4 is 10.1 Å². The van der Waals surface area contributed by atoms with Crippen LogP contribution in [0.25, 0.3) is 0 Å². The number of carbonyl (C=O) groups excluding carboxylic acids is 1. The molecule has 7 nitrogen and oxygen atoms in total. The first kappa shape index (κ1) is 13.9. The van der Waals surface area contributed by atoms with Crippen LogP contribution in [-0.2, 0) is 14.4 Å². The van der Waals surface area contributed by atoms with Crippen molar-refractivity contribution < 1.29 is 24.3 Å². The summed E-state index contributed by atoms with van der Waals surface area (Å²) in [5.41, 5.74) is 1.29. The van der Waals surface area contributed by atoms with Gasteiger partial charge in [0.15, 0.2) is 5.71 Å². The van der Waals surface area contributed by atoms with Gasteiger partial charge in [-0.3, -0.25) is 4.79 Å². The largest absolute Gasteiger partial charge is 0.497 e. The summed E-state index contributed by atoms with van der Waals surface area (Å²) in [5.74, 6) is -0.923. The lowest BCUT2D eigenvalue weighted by atomic mass is 10.1. The molecule has 0 bridgehead atoms. The normalized spacial score (nSPS) is 17.1. The van der Waals surface area contributed by atoms with Crippen molar-refractivity contribution in [2.75, 3.05) is 12.4 Å². The van der Waals surface area contributed by atoms with Gasteiger partial charge in [0.05, 0.1) is 7.11 Å². The third-order valence-electron chi connectivity index (χ3n) is 2.90. The van der Waals surface area contributed by atoms with E-state index >= 15 is 0 Å². The Bertz CT molecular complexity index is 582. The lowest BCUT2D eigenvalue weighted by molar-refractivity contribution is -0.129. The molecule has 1 amide bonds. The van der Waals surface area contributed by atoms with E-state index in [2.05, 4.69) is 10.5 Å². The van der Waals surface area contributed by atoms with Gasteiger partial charge in [0.1, 0.15) is 5.75 Å². The average molecular weight is 278 g/mol. The predicted molar refractivity (Wildman–Crippen MR) is 70.9 cm³/mol. The molecular weight excluding hydrogens is 264 g/mol. The van der Waals surface area contributed by atoms with Crippen LogP contribution in [0.15, 0.2) is 23.4 Å². The third-order valence-corrected chi connectivity index (χ3v) is 2.90. The lowest BCUT2D eigenvalue weighted by Crippen LogP contribution is -2.29. The van der Waals surface area contributed by atoms with E-state index in [1.165, 1.54) is 0 Å². The molecule has 2 rings (SSSR count). The highest BCUT2D eigenvalue weighted by molar-refractivity contribution is 6.36. The summed E-state index contributed by atoms with van der Waals surface area (Å²) < 4.78 is 5.07. The number of benzene rings is 1. The molecule has 1 aromatic carbocycles. The van der Waals surface area contributed by atoms with Crippen molar-refractivity contribution in [1.29, 1.82) is 0 Å². The average Bonchev–Trinajstić information content (AvgIpc) is 2.91. The molecule has 1 atom stereocenters. The number of carboxylic acids is 1. The summed E-state index contributed by atoms with van der Waals surface area (Å²) in [5, 5.41) is 14.8. The minimum atomic E-state index is -1.18. The number of carbonyl (C=O) groups is 2. The van der Waals surface area contributed by atoms with Crippen LogP contribution in [0.4, 0.5) is 5.69 Å². The molecule has 1 aliphatic heterocycles. The van der Waals surface area contributed by atoms with Gasteiger partial charge in [-0.05, 0) is 30.7 Å². The molecule has 1 heterocycles. The minimum absolute atomic E-state index is 0.0453. The number of oxime groups is 1. The quantitative estimate of drug-likeness (QED) is 0.861. The van der Waals surface area contributed by atoms with E-state index in [1.54, 1.807) is 25.3 Å². The number of nitrogens with zero attached hydrogens (tertiary/aromatic N) is 1. The number of aryl methyl sites for hydroxylation is 1. The maximum atomic E-state index is 12.0. The van der Waals surface area contributed by atoms with Crippen LogP contribution in [0.2, 0.25) is 0 Å². The molecule has 106 valence electrons. The second kappa shape index (κ2) is 5.60. The van der Waals surface area contributed by atoms with Gasteiger partial charge >= 0.3 is 5.97 Å². The summed E-state index contributed by atoms with van der Waals surface area (Å²) in [6, 6.07) is 5.21. The number of nitrogens with one attached hydrogen (secondary N) is 1. The van der Waals surface area contributed by atoms with E-state index in [1.807, 2.05) is 6.92 Å². The SMILES string of the molecule is COc1ccc(NC(=O)C2CC(C(=O)O)=NO2)c(C)c1. The monoisotopic (exact) mass is 278 g/mol. The van der Waals surface area contributed by atoms with E-state index in [9.17, 15) is 9.59 Å². The van der Waals surface area contributed by atoms with Gasteiger partial charge in [0.25, 0.3) is 5.91 Å². The summed E-state index contributed by atoms with van der Waals surface area (Å²) in [7, 11) is 1.56. The molecular formula is C13H14N2O5. The first-order valence-corrected chi connectivity index (χ1v) is 5.92. The van der Waals surface area contributed by atoms with E-state index in [0.29, 0.717) is 11.4 Å². The fourth-order valence-electron chi connectivity index (χ4n) is 1.76. The van der Waals surface area contributed by atoms with Crippen molar-refractivity contribution in [3.63, 3.8) is 0 Å². The molecule has 0 radical (unpaired) electrons. The zero-order valence-electron chi connectivity index (χ0n) is 11.0. The summed E-state index contributed by atoms with van der Waals surface area (Å²) in [6.07, 6.45) is -0.960. The van der Waals surface area contributed by atoms with Crippen LogP contribution in [0.5, 0.6) is 5.75 Å². The van der Waals surface area contributed by atoms with E-state index < -0.39 is 18.0 Å². The molecule has 0 spiro atoms. The van der Waals surface area contributed by atoms with Crippen molar-refractivity contribution in [3.05, 3.63) is 23.8 Å². The molecule has 1 aromatic rings. The Morgan fingerprint density at radius 3 is 2.80 bits per heavy atom. The van der Waals surface area contributed by atoms with E-state index in [0.717, 1.165) is 5.56 Å². The fraction of sp³-hybridized carbons (Fsp3) is 0.308. The number of aliphatic carboxylic acids is 1. The van der Waals surface area contributed by atoms with Crippen molar-refractivity contribution in [2.45, 2.75) is 19.4 Å². The molecule has 1 unspecified atom stereocenters. The summed E-state index contributed by atoms with van der Waals surface area (Å²) in [6.45, 7) is 1.83. The number of anilines is 1. The second-order valence-corrected chi connectivity index (χ2v) is 4.31. The molecule has 1 aliphatic rings. The first-order valence-electron chi connectivity index (χ1n) is 5.92. The number of amides is 1. The highest BCUT2D eigenvalue weighted by atomic mass is 16.6. The fourth-order valence-corrected chi connectivity index (χ4v) is 1.76. The number of hydrogen-bond acceptors (Lipinski definition) is 5. The predicted octanol–water partition coefficient (Wildman–Crippen LogP) is 1.17. The minimum Gasteiger partial charge on any atom is -0.497 e. The van der Waals surface area contributed by atoms with Crippen LogP contribution in [0.3, 0.4) is 0 Å². The second-order valence-electron chi connectivity index (χ2n) is 4.31. The highest BCUT2D eigenvalue weighted by Gasteiger charge is 2.31. The van der Waals surface area contributed by atoms with Gasteiger partial charge < -0.3 is 20.0 Å². The molecule has 0 saturated carbocycles. The standard InChI is InChI=1S/C13H14N2O5/c1-7-5-8(19-2)3-4-9(7)14-12(16)11-6-10(13(17)18)15-20-11/h3-5,11H,6H2,1-2H3,(H,14,16)(H,17,18). The number of methoxy groups -OCH3 is 1. The van der Waals surface area contributed by atoms with E-state index in [4.69, 9.17) is 14.7 Å². The zero-order valence-corrected chi connectivity index (χ0v) is 11.0. The van der Waals surface area contributed by atoms with Crippen LogP contribution in [0, 0.1) is 6.92 Å². The molecule has 2 N–H and O–H groups in total. The zero-order chi connectivity index (χ0) is 14.7. The van der Waals surface area contributed by atoms with Crippen molar-refractivity contribution >= 4 is 23.3 Å². The molecule has 0 aliphatic carbocycles. The molecule has 0 saturated heterocycles. The van der Waals surface area contributed by atoms with Gasteiger partial charge in [-0.2, -0.15) is 0 Å². The number of ether oxygens (including phenoxy) is 1. The van der Waals surface area contributed by atoms with Gasteiger partial charge in [0.2, 0.25) is 6.10 Å². The maximum Gasteiger partial charge on any atom is 0.353 e. The van der Waals surface area contributed by atoms with Gasteiger partial charge in [-0.15, -0.1) is 0 Å². The first-order chi connectivity index (χ1) is 9.51. The topological polar surface area (TPSA) is 97.2 Å². The Balaban J connectivity index is 2.01. The van der Waals surface area contributed by atoms with Gasteiger partial charge in [-0.25, -0.2) is 4.79 Å². The van der Waals surface area contributed by atoms with Crippen LogP contribution in [0.1, 0.15) is 12.0 Å². The molecule has 0 fully saturated rings.